The average molecular weight is 366 g/mol. The predicted molar refractivity (Wildman–Crippen MR) is 101 cm³/mol. The summed E-state index contributed by atoms with van der Waals surface area (Å²) in [6.07, 6.45) is 6.59. The normalized spacial score (nSPS) is 26.6. The molecule has 3 aliphatic rings. The van der Waals surface area contributed by atoms with Crippen LogP contribution in [0.3, 0.4) is 0 Å². The summed E-state index contributed by atoms with van der Waals surface area (Å²) >= 11 is 0. The first-order valence-electron chi connectivity index (χ1n) is 10.3. The minimum Gasteiger partial charge on any atom is -0.441 e. The molecule has 0 N–H and O–H groups in total. The van der Waals surface area contributed by atoms with Crippen molar-refractivity contribution in [2.24, 2.45) is 5.92 Å². The first-order chi connectivity index (χ1) is 12.4. The third kappa shape index (κ3) is 4.51. The molecular weight excluding hydrogens is 330 g/mol. The van der Waals surface area contributed by atoms with E-state index in [9.17, 15) is 9.59 Å². The van der Waals surface area contributed by atoms with Gasteiger partial charge >= 0.3 is 6.09 Å². The molecule has 0 bridgehead atoms. The number of amides is 2. The number of carbonyl (C=O) groups is 2. The third-order valence-electron chi connectivity index (χ3n) is 6.38. The van der Waals surface area contributed by atoms with Crippen molar-refractivity contribution in [2.45, 2.75) is 70.4 Å². The molecule has 0 radical (unpaired) electrons. The molecule has 3 saturated heterocycles. The molecule has 3 fully saturated rings. The lowest BCUT2D eigenvalue weighted by atomic mass is 9.90. The summed E-state index contributed by atoms with van der Waals surface area (Å²) in [5, 5.41) is 0. The van der Waals surface area contributed by atoms with Crippen LogP contribution in [0.1, 0.15) is 58.8 Å². The van der Waals surface area contributed by atoms with E-state index in [4.69, 9.17) is 4.74 Å². The number of hydrogen-bond acceptors (Lipinski definition) is 4. The van der Waals surface area contributed by atoms with E-state index in [0.29, 0.717) is 38.0 Å². The van der Waals surface area contributed by atoms with Crippen LogP contribution < -0.4 is 0 Å². The molecule has 3 rings (SSSR count). The van der Waals surface area contributed by atoms with Gasteiger partial charge < -0.3 is 19.4 Å². The third-order valence-corrected chi connectivity index (χ3v) is 6.38. The van der Waals surface area contributed by atoms with Crippen LogP contribution >= 0.6 is 0 Å². The Labute approximate surface area is 157 Å². The van der Waals surface area contributed by atoms with Crippen LogP contribution in [-0.4, -0.2) is 78.1 Å². The zero-order valence-electron chi connectivity index (χ0n) is 16.7. The summed E-state index contributed by atoms with van der Waals surface area (Å²) in [7, 11) is 2.13. The van der Waals surface area contributed by atoms with Crippen LogP contribution in [0.25, 0.3) is 0 Å². The van der Waals surface area contributed by atoms with Crippen LogP contribution in [0.4, 0.5) is 4.79 Å². The molecule has 0 aromatic heterocycles. The van der Waals surface area contributed by atoms with Gasteiger partial charge in [0.15, 0.2) is 0 Å². The highest BCUT2D eigenvalue weighted by Crippen LogP contribution is 2.34. The van der Waals surface area contributed by atoms with Gasteiger partial charge in [-0.1, -0.05) is 20.3 Å². The van der Waals surface area contributed by atoms with Gasteiger partial charge in [0.1, 0.15) is 5.60 Å². The Bertz CT molecular complexity index is 514. The highest BCUT2D eigenvalue weighted by Gasteiger charge is 2.47. The highest BCUT2D eigenvalue weighted by molar-refractivity contribution is 5.77. The van der Waals surface area contributed by atoms with Crippen molar-refractivity contribution in [3.8, 4) is 0 Å². The maximum atomic E-state index is 12.7. The van der Waals surface area contributed by atoms with Gasteiger partial charge in [0.2, 0.25) is 5.91 Å². The zero-order valence-corrected chi connectivity index (χ0v) is 16.7. The van der Waals surface area contributed by atoms with E-state index >= 15 is 0 Å². The van der Waals surface area contributed by atoms with E-state index < -0.39 is 0 Å². The van der Waals surface area contributed by atoms with Gasteiger partial charge in [-0.05, 0) is 38.8 Å². The Hall–Kier alpha value is -1.30. The van der Waals surface area contributed by atoms with Gasteiger partial charge in [-0.15, -0.1) is 0 Å². The van der Waals surface area contributed by atoms with Gasteiger partial charge in [0.25, 0.3) is 0 Å². The molecule has 6 heteroatoms. The second kappa shape index (κ2) is 8.15. The molecule has 148 valence electrons. The van der Waals surface area contributed by atoms with Crippen molar-refractivity contribution in [2.75, 3.05) is 39.8 Å². The summed E-state index contributed by atoms with van der Waals surface area (Å²) in [6.45, 7) is 8.32. The summed E-state index contributed by atoms with van der Waals surface area (Å²) in [5.74, 6) is 0.844. The summed E-state index contributed by atoms with van der Waals surface area (Å²) in [5.41, 5.74) is -0.369. The second-order valence-corrected chi connectivity index (χ2v) is 8.87. The fourth-order valence-electron chi connectivity index (χ4n) is 4.44. The molecule has 0 aromatic carbocycles. The first-order valence-corrected chi connectivity index (χ1v) is 10.3. The summed E-state index contributed by atoms with van der Waals surface area (Å²) < 4.78 is 5.77. The Kier molecular flexibility index (Phi) is 6.10. The minimum atomic E-state index is -0.369. The van der Waals surface area contributed by atoms with Crippen LogP contribution in [0.2, 0.25) is 0 Å². The molecule has 3 aliphatic heterocycles. The Morgan fingerprint density at radius 3 is 2.62 bits per heavy atom. The number of piperidine rings is 2. The first kappa shape index (κ1) is 19.5. The largest absolute Gasteiger partial charge is 0.441 e. The highest BCUT2D eigenvalue weighted by atomic mass is 16.6. The maximum Gasteiger partial charge on any atom is 0.410 e. The molecule has 26 heavy (non-hydrogen) atoms. The van der Waals surface area contributed by atoms with Crippen LogP contribution in [0.15, 0.2) is 0 Å². The molecule has 3 heterocycles. The number of likely N-dealkylation sites (tertiary alicyclic amines) is 2. The minimum absolute atomic E-state index is 0.172. The monoisotopic (exact) mass is 365 g/mol. The summed E-state index contributed by atoms with van der Waals surface area (Å²) in [4.78, 5) is 31.1. The molecule has 0 unspecified atom stereocenters. The lowest BCUT2D eigenvalue weighted by molar-refractivity contribution is -0.136. The van der Waals surface area contributed by atoms with Crippen molar-refractivity contribution in [1.29, 1.82) is 0 Å². The van der Waals surface area contributed by atoms with Crippen LogP contribution in [0.5, 0.6) is 0 Å². The number of rotatable bonds is 5. The number of hydrogen-bond donors (Lipinski definition) is 0. The lowest BCUT2D eigenvalue weighted by Gasteiger charge is -2.39. The Balaban J connectivity index is 1.48. The Morgan fingerprint density at radius 1 is 1.23 bits per heavy atom. The van der Waals surface area contributed by atoms with Crippen LogP contribution in [0, 0.1) is 5.92 Å². The Morgan fingerprint density at radius 2 is 1.96 bits per heavy atom. The van der Waals surface area contributed by atoms with E-state index in [1.54, 1.807) is 0 Å². The van der Waals surface area contributed by atoms with Crippen LogP contribution in [-0.2, 0) is 9.53 Å². The van der Waals surface area contributed by atoms with Gasteiger partial charge in [0, 0.05) is 44.9 Å². The molecule has 1 atom stereocenters. The van der Waals surface area contributed by atoms with Gasteiger partial charge in [-0.3, -0.25) is 4.79 Å². The van der Waals surface area contributed by atoms with Gasteiger partial charge in [0.05, 0.1) is 6.54 Å². The molecule has 1 spiro atoms. The second-order valence-electron chi connectivity index (χ2n) is 8.87. The number of carbonyl (C=O) groups excluding carboxylic acids is 2. The van der Waals surface area contributed by atoms with Crippen molar-refractivity contribution in [3.05, 3.63) is 0 Å². The maximum absolute atomic E-state index is 12.7. The molecule has 0 saturated carbocycles. The fourth-order valence-corrected chi connectivity index (χ4v) is 4.44. The van der Waals surface area contributed by atoms with Crippen molar-refractivity contribution in [3.63, 3.8) is 0 Å². The molecule has 0 aromatic rings. The molecule has 6 nitrogen and oxygen atoms in total. The SMILES string of the molecule is CC(C)CCN1CC2(CCN(C(=O)C[C@H]3CCCCN3C)CC2)OC1=O. The topological polar surface area (TPSA) is 53.1 Å². The zero-order chi connectivity index (χ0) is 18.7. The average Bonchev–Trinajstić information content (AvgIpc) is 2.91. The van der Waals surface area contributed by atoms with E-state index in [-0.39, 0.29) is 17.6 Å². The predicted octanol–water partition coefficient (Wildman–Crippen LogP) is 2.72. The molecule has 2 amide bonds. The van der Waals surface area contributed by atoms with Crippen molar-refractivity contribution in [1.82, 2.24) is 14.7 Å². The standard InChI is InChI=1S/C20H35N3O3/c1-16(2)7-11-23-15-20(26-19(23)25)8-12-22(13-9-20)18(24)14-17-6-4-5-10-21(17)3/h16-17H,4-15H2,1-3H3/t17-/m1/s1. The van der Waals surface area contributed by atoms with E-state index in [1.807, 2.05) is 9.80 Å². The fraction of sp³-hybridized carbons (Fsp3) is 0.900. The molecule has 0 aliphatic carbocycles. The van der Waals surface area contributed by atoms with Crippen molar-refractivity contribution < 1.29 is 14.3 Å². The van der Waals surface area contributed by atoms with Gasteiger partial charge in [-0.25, -0.2) is 4.79 Å². The van der Waals surface area contributed by atoms with Gasteiger partial charge in [-0.2, -0.15) is 0 Å². The van der Waals surface area contributed by atoms with Crippen molar-refractivity contribution >= 4 is 12.0 Å². The smallest absolute Gasteiger partial charge is 0.410 e. The summed E-state index contributed by atoms with van der Waals surface area (Å²) in [6, 6.07) is 0.392. The van der Waals surface area contributed by atoms with E-state index in [2.05, 4.69) is 25.8 Å². The lowest BCUT2D eigenvalue weighted by Crippen LogP contribution is -2.50. The molecular formula is C20H35N3O3. The van der Waals surface area contributed by atoms with E-state index in [0.717, 1.165) is 38.8 Å². The number of ether oxygens (including phenoxy) is 1. The quantitative estimate of drug-likeness (QED) is 0.752. The number of nitrogens with zero attached hydrogens (tertiary/aromatic N) is 3. The van der Waals surface area contributed by atoms with E-state index in [1.165, 1.54) is 12.8 Å².